The van der Waals surface area contributed by atoms with Gasteiger partial charge in [-0.25, -0.2) is 13.4 Å². The van der Waals surface area contributed by atoms with Crippen molar-refractivity contribution >= 4 is 38.3 Å². The zero-order valence-corrected chi connectivity index (χ0v) is 20.6. The van der Waals surface area contributed by atoms with E-state index in [1.807, 2.05) is 36.4 Å². The number of hydrogen-bond donors (Lipinski definition) is 1. The summed E-state index contributed by atoms with van der Waals surface area (Å²) in [6.07, 6.45) is 3.53. The van der Waals surface area contributed by atoms with Crippen molar-refractivity contribution in [2.75, 3.05) is 43.5 Å². The van der Waals surface area contributed by atoms with E-state index in [4.69, 9.17) is 9.72 Å². The Kier molecular flexibility index (Phi) is 6.62. The Morgan fingerprint density at radius 1 is 1.03 bits per heavy atom. The fraction of sp³-hybridized carbons (Fsp3) is 0.385. The summed E-state index contributed by atoms with van der Waals surface area (Å²) in [7, 11) is -1.86. The highest BCUT2D eigenvalue weighted by atomic mass is 32.2. The standard InChI is InChI=1S/C26H30N4O4S/c1-34-22-8-4-7-21(17-22)27-26(31)20-6-5-13-29(18-20)25-12-9-19-16-23(10-11-24(19)28-25)35(32,33)30-14-2-3-15-30/h4,7-12,16-17,20H,2-3,5-6,13-15,18H2,1H3,(H,27,31)/t20-/m1/s1. The van der Waals surface area contributed by atoms with Crippen LogP contribution in [-0.4, -0.2) is 56.9 Å². The Bertz CT molecular complexity index is 1340. The SMILES string of the molecule is COc1cccc(NC(=O)[C@@H]2CCCN(c3ccc4cc(S(=O)(=O)N5CCCC5)ccc4n3)C2)c1. The molecule has 3 heterocycles. The number of sulfonamides is 1. The Balaban J connectivity index is 1.30. The molecule has 2 aliphatic heterocycles. The first-order valence-corrected chi connectivity index (χ1v) is 13.5. The Hall–Kier alpha value is -3.17. The highest BCUT2D eigenvalue weighted by molar-refractivity contribution is 7.89. The lowest BCUT2D eigenvalue weighted by atomic mass is 9.97. The lowest BCUT2D eigenvalue weighted by Crippen LogP contribution is -2.41. The Morgan fingerprint density at radius 3 is 2.66 bits per heavy atom. The fourth-order valence-corrected chi connectivity index (χ4v) is 6.40. The molecule has 0 unspecified atom stereocenters. The van der Waals surface area contributed by atoms with Gasteiger partial charge in [0, 0.05) is 43.3 Å². The van der Waals surface area contributed by atoms with Gasteiger partial charge in [-0.2, -0.15) is 4.31 Å². The number of amides is 1. The number of carbonyl (C=O) groups excluding carboxylic acids is 1. The second-order valence-corrected chi connectivity index (χ2v) is 11.1. The van der Waals surface area contributed by atoms with E-state index >= 15 is 0 Å². The van der Waals surface area contributed by atoms with Crippen molar-refractivity contribution in [3.05, 3.63) is 54.6 Å². The predicted molar refractivity (Wildman–Crippen MR) is 136 cm³/mol. The number of ether oxygens (including phenoxy) is 1. The molecule has 9 heteroatoms. The van der Waals surface area contributed by atoms with Crippen molar-refractivity contribution in [1.29, 1.82) is 0 Å². The second-order valence-electron chi connectivity index (χ2n) is 9.14. The van der Waals surface area contributed by atoms with Crippen LogP contribution in [0.15, 0.2) is 59.5 Å². The van der Waals surface area contributed by atoms with Gasteiger partial charge in [0.05, 0.1) is 23.4 Å². The molecule has 0 bridgehead atoms. The van der Waals surface area contributed by atoms with Gasteiger partial charge in [0.2, 0.25) is 15.9 Å². The number of anilines is 2. The highest BCUT2D eigenvalue weighted by Gasteiger charge is 2.28. The van der Waals surface area contributed by atoms with Gasteiger partial charge < -0.3 is 15.0 Å². The fourth-order valence-electron chi connectivity index (χ4n) is 4.85. The number of fused-ring (bicyclic) bond motifs is 1. The summed E-state index contributed by atoms with van der Waals surface area (Å²) in [6.45, 7) is 2.57. The summed E-state index contributed by atoms with van der Waals surface area (Å²) in [5, 5.41) is 3.79. The first-order chi connectivity index (χ1) is 16.9. The summed E-state index contributed by atoms with van der Waals surface area (Å²) in [5.74, 6) is 1.33. The van der Waals surface area contributed by atoms with E-state index in [0.29, 0.717) is 30.3 Å². The second kappa shape index (κ2) is 9.83. The van der Waals surface area contributed by atoms with E-state index in [0.717, 1.165) is 54.6 Å². The van der Waals surface area contributed by atoms with Crippen molar-refractivity contribution in [3.8, 4) is 5.75 Å². The van der Waals surface area contributed by atoms with Crippen molar-refractivity contribution in [2.45, 2.75) is 30.6 Å². The molecule has 2 aliphatic rings. The molecule has 1 amide bonds. The van der Waals surface area contributed by atoms with E-state index in [2.05, 4.69) is 10.2 Å². The number of nitrogens with zero attached hydrogens (tertiary/aromatic N) is 3. The molecule has 2 saturated heterocycles. The van der Waals surface area contributed by atoms with Gasteiger partial charge in [-0.1, -0.05) is 6.07 Å². The van der Waals surface area contributed by atoms with E-state index in [1.165, 1.54) is 0 Å². The Morgan fingerprint density at radius 2 is 1.86 bits per heavy atom. The lowest BCUT2D eigenvalue weighted by molar-refractivity contribution is -0.120. The van der Waals surface area contributed by atoms with Crippen LogP contribution in [0.25, 0.3) is 10.9 Å². The van der Waals surface area contributed by atoms with Crippen molar-refractivity contribution in [3.63, 3.8) is 0 Å². The van der Waals surface area contributed by atoms with Crippen LogP contribution in [0.4, 0.5) is 11.5 Å². The molecule has 184 valence electrons. The number of piperidine rings is 1. The molecule has 1 aromatic heterocycles. The zero-order valence-electron chi connectivity index (χ0n) is 19.8. The van der Waals surface area contributed by atoms with Crippen LogP contribution < -0.4 is 15.0 Å². The summed E-state index contributed by atoms with van der Waals surface area (Å²) in [5.41, 5.74) is 1.46. The lowest BCUT2D eigenvalue weighted by Gasteiger charge is -2.33. The average Bonchev–Trinajstić information content (AvgIpc) is 3.44. The number of aromatic nitrogens is 1. The van der Waals surface area contributed by atoms with Crippen molar-refractivity contribution in [1.82, 2.24) is 9.29 Å². The van der Waals surface area contributed by atoms with Crippen LogP contribution in [0.1, 0.15) is 25.7 Å². The van der Waals surface area contributed by atoms with Gasteiger partial charge in [0.15, 0.2) is 0 Å². The average molecular weight is 495 g/mol. The minimum Gasteiger partial charge on any atom is -0.497 e. The summed E-state index contributed by atoms with van der Waals surface area (Å²) < 4.78 is 32.6. The summed E-state index contributed by atoms with van der Waals surface area (Å²) in [6, 6.07) is 16.3. The van der Waals surface area contributed by atoms with E-state index in [-0.39, 0.29) is 11.8 Å². The van der Waals surface area contributed by atoms with Gasteiger partial charge in [0.25, 0.3) is 0 Å². The van der Waals surface area contributed by atoms with Crippen LogP contribution in [0.2, 0.25) is 0 Å². The van der Waals surface area contributed by atoms with E-state index in [1.54, 1.807) is 29.6 Å². The first kappa shape index (κ1) is 23.6. The van der Waals surface area contributed by atoms with Gasteiger partial charge in [-0.3, -0.25) is 4.79 Å². The maximum atomic E-state index is 12.9. The zero-order chi connectivity index (χ0) is 24.4. The van der Waals surface area contributed by atoms with Crippen LogP contribution in [0.3, 0.4) is 0 Å². The number of methoxy groups -OCH3 is 1. The number of benzene rings is 2. The molecule has 2 aromatic carbocycles. The molecule has 0 saturated carbocycles. The third-order valence-electron chi connectivity index (χ3n) is 6.80. The van der Waals surface area contributed by atoms with E-state index < -0.39 is 10.0 Å². The molecule has 0 aliphatic carbocycles. The maximum Gasteiger partial charge on any atom is 0.243 e. The van der Waals surface area contributed by atoms with Gasteiger partial charge in [-0.15, -0.1) is 0 Å². The third-order valence-corrected chi connectivity index (χ3v) is 8.70. The predicted octanol–water partition coefficient (Wildman–Crippen LogP) is 3.88. The van der Waals surface area contributed by atoms with Gasteiger partial charge in [0.1, 0.15) is 11.6 Å². The molecule has 8 nitrogen and oxygen atoms in total. The van der Waals surface area contributed by atoms with Crippen LogP contribution in [-0.2, 0) is 14.8 Å². The topological polar surface area (TPSA) is 91.8 Å². The number of hydrogen-bond acceptors (Lipinski definition) is 6. The van der Waals surface area contributed by atoms with Crippen LogP contribution in [0.5, 0.6) is 5.75 Å². The maximum absolute atomic E-state index is 12.9. The molecular formula is C26H30N4O4S. The largest absolute Gasteiger partial charge is 0.497 e. The molecule has 2 fully saturated rings. The quantitative estimate of drug-likeness (QED) is 0.559. The van der Waals surface area contributed by atoms with Crippen molar-refractivity contribution < 1.29 is 17.9 Å². The van der Waals surface area contributed by atoms with Gasteiger partial charge in [-0.05, 0) is 68.1 Å². The summed E-state index contributed by atoms with van der Waals surface area (Å²) >= 11 is 0. The number of nitrogens with one attached hydrogen (secondary N) is 1. The minimum atomic E-state index is -3.47. The van der Waals surface area contributed by atoms with Crippen LogP contribution in [0, 0.1) is 5.92 Å². The molecule has 1 N–H and O–H groups in total. The molecule has 5 rings (SSSR count). The molecule has 0 spiro atoms. The first-order valence-electron chi connectivity index (χ1n) is 12.0. The molecule has 1 atom stereocenters. The van der Waals surface area contributed by atoms with Gasteiger partial charge >= 0.3 is 0 Å². The van der Waals surface area contributed by atoms with Crippen LogP contribution >= 0.6 is 0 Å². The monoisotopic (exact) mass is 494 g/mol. The third kappa shape index (κ3) is 4.97. The number of pyridine rings is 1. The number of carbonyl (C=O) groups is 1. The molecular weight excluding hydrogens is 464 g/mol. The highest BCUT2D eigenvalue weighted by Crippen LogP contribution is 2.28. The summed E-state index contributed by atoms with van der Waals surface area (Å²) in [4.78, 5) is 20.2. The molecule has 3 aromatic rings. The molecule has 35 heavy (non-hydrogen) atoms. The molecule has 0 radical (unpaired) electrons. The minimum absolute atomic E-state index is 0.0134. The smallest absolute Gasteiger partial charge is 0.243 e. The van der Waals surface area contributed by atoms with E-state index in [9.17, 15) is 13.2 Å². The Labute approximate surface area is 205 Å². The normalized spacial score (nSPS) is 19.1. The number of rotatable bonds is 6. The van der Waals surface area contributed by atoms with Crippen molar-refractivity contribution in [2.24, 2.45) is 5.92 Å².